The highest BCUT2D eigenvalue weighted by molar-refractivity contribution is 5.19. The molecule has 1 aliphatic heterocycles. The van der Waals surface area contributed by atoms with Crippen molar-refractivity contribution >= 4 is 0 Å². The average molecular weight is 269 g/mol. The summed E-state index contributed by atoms with van der Waals surface area (Å²) in [6, 6.07) is 20.3. The largest absolute Gasteiger partial charge is 0.296 e. The Hall–Kier alpha value is -1.67. The maximum Gasteiger partial charge on any atom is 0.128 e. The van der Waals surface area contributed by atoms with Gasteiger partial charge in [-0.2, -0.15) is 0 Å². The van der Waals surface area contributed by atoms with Gasteiger partial charge >= 0.3 is 0 Å². The zero-order valence-corrected chi connectivity index (χ0v) is 11.6. The molecule has 2 aromatic carbocycles. The number of hydrogen-bond donors (Lipinski definition) is 0. The number of nitrogens with zero attached hydrogens (tertiary/aromatic N) is 1. The Morgan fingerprint density at radius 2 is 1.50 bits per heavy atom. The summed E-state index contributed by atoms with van der Waals surface area (Å²) in [5, 5.41) is 0. The molecule has 2 heteroatoms. The molecule has 2 aromatic rings. The van der Waals surface area contributed by atoms with E-state index >= 15 is 0 Å². The second-order valence-electron chi connectivity index (χ2n) is 5.76. The van der Waals surface area contributed by atoms with Gasteiger partial charge in [-0.1, -0.05) is 60.7 Å². The summed E-state index contributed by atoms with van der Waals surface area (Å²) < 4.78 is 14.9. The topological polar surface area (TPSA) is 3.24 Å². The van der Waals surface area contributed by atoms with Crippen LogP contribution < -0.4 is 0 Å². The van der Waals surface area contributed by atoms with Crippen molar-refractivity contribution < 1.29 is 4.39 Å². The molecule has 20 heavy (non-hydrogen) atoms. The van der Waals surface area contributed by atoms with Gasteiger partial charge < -0.3 is 0 Å². The van der Waals surface area contributed by atoms with E-state index in [4.69, 9.17) is 0 Å². The summed E-state index contributed by atoms with van der Waals surface area (Å²) >= 11 is 0. The number of alkyl halides is 1. The standard InChI is InChI=1S/C18H20FN/c19-18(13-16-7-3-1-4-8-16)11-12-20(15-18)14-17-9-5-2-6-10-17/h1-10H,11-15H2/t18-/m1/s1. The summed E-state index contributed by atoms with van der Waals surface area (Å²) in [6.45, 7) is 2.23. The van der Waals surface area contributed by atoms with Gasteiger partial charge in [0.05, 0.1) is 0 Å². The third-order valence-electron chi connectivity index (χ3n) is 4.00. The van der Waals surface area contributed by atoms with Crippen molar-refractivity contribution in [3.05, 3.63) is 71.8 Å². The number of rotatable bonds is 4. The van der Waals surface area contributed by atoms with E-state index in [0.717, 1.165) is 18.7 Å². The Kier molecular flexibility index (Phi) is 3.83. The Labute approximate surface area is 120 Å². The Balaban J connectivity index is 1.61. The van der Waals surface area contributed by atoms with E-state index in [1.165, 1.54) is 5.56 Å². The molecule has 3 rings (SSSR count). The molecule has 1 nitrogen and oxygen atoms in total. The summed E-state index contributed by atoms with van der Waals surface area (Å²) in [7, 11) is 0. The van der Waals surface area contributed by atoms with Crippen molar-refractivity contribution in [2.75, 3.05) is 13.1 Å². The minimum atomic E-state index is -1.07. The molecule has 0 amide bonds. The van der Waals surface area contributed by atoms with Gasteiger partial charge in [0.25, 0.3) is 0 Å². The highest BCUT2D eigenvalue weighted by Crippen LogP contribution is 2.30. The summed E-state index contributed by atoms with van der Waals surface area (Å²) in [6.07, 6.45) is 1.16. The quantitative estimate of drug-likeness (QED) is 0.815. The van der Waals surface area contributed by atoms with Crippen molar-refractivity contribution in [2.45, 2.75) is 25.1 Å². The van der Waals surface area contributed by atoms with Crippen molar-refractivity contribution in [3.63, 3.8) is 0 Å². The van der Waals surface area contributed by atoms with E-state index in [9.17, 15) is 4.39 Å². The van der Waals surface area contributed by atoms with E-state index < -0.39 is 5.67 Å². The van der Waals surface area contributed by atoms with Crippen LogP contribution in [0.25, 0.3) is 0 Å². The molecule has 1 atom stereocenters. The first-order valence-corrected chi connectivity index (χ1v) is 7.23. The van der Waals surface area contributed by atoms with Crippen LogP contribution in [0.1, 0.15) is 17.5 Å². The summed E-state index contributed by atoms with van der Waals surface area (Å²) in [5.74, 6) is 0. The lowest BCUT2D eigenvalue weighted by Gasteiger charge is -2.21. The lowest BCUT2D eigenvalue weighted by atomic mass is 9.95. The minimum absolute atomic E-state index is 0.527. The number of halogens is 1. The van der Waals surface area contributed by atoms with E-state index in [2.05, 4.69) is 17.0 Å². The molecule has 1 heterocycles. The average Bonchev–Trinajstić information content (AvgIpc) is 2.82. The zero-order valence-electron chi connectivity index (χ0n) is 11.6. The van der Waals surface area contributed by atoms with Gasteiger partial charge in [-0.25, -0.2) is 4.39 Å². The van der Waals surface area contributed by atoms with Gasteiger partial charge in [0.2, 0.25) is 0 Å². The van der Waals surface area contributed by atoms with Gasteiger partial charge in [-0.05, 0) is 17.5 Å². The predicted molar refractivity (Wildman–Crippen MR) is 80.3 cm³/mol. The number of benzene rings is 2. The SMILES string of the molecule is F[C@@]1(Cc2ccccc2)CCN(Cc2ccccc2)C1. The van der Waals surface area contributed by atoms with E-state index in [-0.39, 0.29) is 0 Å². The molecular weight excluding hydrogens is 249 g/mol. The van der Waals surface area contributed by atoms with Gasteiger partial charge in [-0.15, -0.1) is 0 Å². The van der Waals surface area contributed by atoms with Crippen molar-refractivity contribution in [2.24, 2.45) is 0 Å². The smallest absolute Gasteiger partial charge is 0.128 e. The van der Waals surface area contributed by atoms with Crippen LogP contribution in [0.15, 0.2) is 60.7 Å². The van der Waals surface area contributed by atoms with Gasteiger partial charge in [0.1, 0.15) is 5.67 Å². The molecule has 0 radical (unpaired) electrons. The van der Waals surface area contributed by atoms with Crippen molar-refractivity contribution in [1.82, 2.24) is 4.90 Å². The Morgan fingerprint density at radius 3 is 2.15 bits per heavy atom. The van der Waals surface area contributed by atoms with Crippen molar-refractivity contribution in [3.8, 4) is 0 Å². The van der Waals surface area contributed by atoms with Gasteiger partial charge in [0.15, 0.2) is 0 Å². The fraction of sp³-hybridized carbons (Fsp3) is 0.333. The molecular formula is C18H20FN. The number of likely N-dealkylation sites (tertiary alicyclic amines) is 1. The second-order valence-corrected chi connectivity index (χ2v) is 5.76. The van der Waals surface area contributed by atoms with E-state index in [0.29, 0.717) is 19.4 Å². The van der Waals surface area contributed by atoms with Crippen LogP contribution in [-0.2, 0) is 13.0 Å². The Morgan fingerprint density at radius 1 is 0.900 bits per heavy atom. The maximum absolute atomic E-state index is 14.9. The second kappa shape index (κ2) is 5.76. The molecule has 0 unspecified atom stereocenters. The zero-order chi connectivity index (χ0) is 13.8. The monoisotopic (exact) mass is 269 g/mol. The highest BCUT2D eigenvalue weighted by Gasteiger charge is 2.38. The third kappa shape index (κ3) is 3.26. The molecule has 1 saturated heterocycles. The van der Waals surface area contributed by atoms with Crippen LogP contribution in [0.5, 0.6) is 0 Å². The molecule has 0 saturated carbocycles. The van der Waals surface area contributed by atoms with Crippen molar-refractivity contribution in [1.29, 1.82) is 0 Å². The minimum Gasteiger partial charge on any atom is -0.296 e. The third-order valence-corrected chi connectivity index (χ3v) is 4.00. The lowest BCUT2D eigenvalue weighted by Crippen LogP contribution is -2.30. The molecule has 0 spiro atoms. The first-order valence-electron chi connectivity index (χ1n) is 7.23. The molecule has 0 N–H and O–H groups in total. The fourth-order valence-corrected chi connectivity index (χ4v) is 3.00. The summed E-state index contributed by atoms with van der Waals surface area (Å²) in [5.41, 5.74) is 1.28. The van der Waals surface area contributed by atoms with Gasteiger partial charge in [0, 0.05) is 26.1 Å². The van der Waals surface area contributed by atoms with Crippen LogP contribution in [0, 0.1) is 0 Å². The fourth-order valence-electron chi connectivity index (χ4n) is 3.00. The number of hydrogen-bond acceptors (Lipinski definition) is 1. The van der Waals surface area contributed by atoms with Crippen LogP contribution in [0.3, 0.4) is 0 Å². The van der Waals surface area contributed by atoms with Crippen LogP contribution >= 0.6 is 0 Å². The van der Waals surface area contributed by atoms with E-state index in [1.54, 1.807) is 0 Å². The molecule has 0 bridgehead atoms. The van der Waals surface area contributed by atoms with Crippen LogP contribution in [0.4, 0.5) is 4.39 Å². The predicted octanol–water partition coefficient (Wildman–Crippen LogP) is 3.84. The summed E-state index contributed by atoms with van der Waals surface area (Å²) in [4.78, 5) is 2.22. The van der Waals surface area contributed by atoms with E-state index in [1.807, 2.05) is 48.5 Å². The molecule has 1 aliphatic rings. The van der Waals surface area contributed by atoms with Crippen LogP contribution in [-0.4, -0.2) is 23.7 Å². The van der Waals surface area contributed by atoms with Crippen LogP contribution in [0.2, 0.25) is 0 Å². The highest BCUT2D eigenvalue weighted by atomic mass is 19.1. The lowest BCUT2D eigenvalue weighted by molar-refractivity contribution is 0.163. The maximum atomic E-state index is 14.9. The molecule has 0 aliphatic carbocycles. The first kappa shape index (κ1) is 13.3. The normalized spacial score (nSPS) is 23.1. The first-order chi connectivity index (χ1) is 9.73. The van der Waals surface area contributed by atoms with Gasteiger partial charge in [-0.3, -0.25) is 4.90 Å². The Bertz CT molecular complexity index is 540. The molecule has 1 fully saturated rings. The molecule has 0 aromatic heterocycles. The molecule has 104 valence electrons.